The van der Waals surface area contributed by atoms with Gasteiger partial charge in [0.1, 0.15) is 5.78 Å². The summed E-state index contributed by atoms with van der Waals surface area (Å²) >= 11 is 0. The molecule has 1 heterocycles. The van der Waals surface area contributed by atoms with E-state index < -0.39 is 27.1 Å². The molecule has 1 fully saturated rings. The molecule has 1 aliphatic heterocycles. The van der Waals surface area contributed by atoms with Crippen molar-refractivity contribution in [3.8, 4) is 0 Å². The molecule has 0 bridgehead atoms. The van der Waals surface area contributed by atoms with Crippen molar-refractivity contribution in [1.82, 2.24) is 15.5 Å². The van der Waals surface area contributed by atoms with Crippen molar-refractivity contribution in [2.45, 2.75) is 12.2 Å². The van der Waals surface area contributed by atoms with Crippen LogP contribution in [0.4, 0.5) is 0 Å². The molecule has 1 atom stereocenters. The zero-order valence-corrected chi connectivity index (χ0v) is 13.0. The molecule has 1 aliphatic rings. The van der Waals surface area contributed by atoms with Gasteiger partial charge in [-0.25, -0.2) is 0 Å². The Balaban J connectivity index is 2.73. The van der Waals surface area contributed by atoms with E-state index in [2.05, 4.69) is 10.6 Å². The molecule has 11 heteroatoms. The Bertz CT molecular complexity index is 374. The van der Waals surface area contributed by atoms with E-state index in [0.29, 0.717) is 26.2 Å². The number of nitrogens with one attached hydrogen (secondary N) is 2. The van der Waals surface area contributed by atoms with Crippen LogP contribution in [-0.4, -0.2) is 75.7 Å². The summed E-state index contributed by atoms with van der Waals surface area (Å²) in [5.74, 6) is -1.16. The van der Waals surface area contributed by atoms with Crippen LogP contribution in [0.5, 0.6) is 0 Å². The molecule has 0 saturated carbocycles. The lowest BCUT2D eigenvalue weighted by Gasteiger charge is -2.31. The Labute approximate surface area is 118 Å². The molecule has 9 nitrogen and oxygen atoms in total. The van der Waals surface area contributed by atoms with Crippen molar-refractivity contribution < 1.29 is 28.7 Å². The van der Waals surface area contributed by atoms with Gasteiger partial charge in [-0.2, -0.15) is 0 Å². The lowest BCUT2D eigenvalue weighted by atomic mass is 10.3. The van der Waals surface area contributed by atoms with Gasteiger partial charge >= 0.3 is 15.2 Å². The van der Waals surface area contributed by atoms with Crippen molar-refractivity contribution in [2.24, 2.45) is 0 Å². The van der Waals surface area contributed by atoms with Gasteiger partial charge in [-0.3, -0.25) is 14.0 Å². The normalized spacial score (nSPS) is 21.8. The summed E-state index contributed by atoms with van der Waals surface area (Å²) in [6, 6.07) is 0. The topological polar surface area (TPSA) is 142 Å². The average molecular weight is 331 g/mol. The Morgan fingerprint density at radius 2 is 1.45 bits per heavy atom. The second-order valence-corrected chi connectivity index (χ2v) is 8.33. The van der Waals surface area contributed by atoms with Gasteiger partial charge < -0.3 is 30.2 Å². The van der Waals surface area contributed by atoms with Crippen LogP contribution in [-0.2, 0) is 9.13 Å². The highest BCUT2D eigenvalue weighted by molar-refractivity contribution is 7.53. The van der Waals surface area contributed by atoms with E-state index in [9.17, 15) is 18.9 Å². The third kappa shape index (κ3) is 7.26. The first kappa shape index (κ1) is 18.2. The maximum Gasteiger partial charge on any atom is 0.342 e. The standard InChI is InChI=1S/C9H23N3O6P2/c13-19(14,15)8-1-9(20(16,17)18)12-6-4-10-2-3-11-5-7-12/h9-11H,1-8H2,(H2,13,14,15)(H2,16,17,18). The Hall–Kier alpha value is 0.180. The fourth-order valence-electron chi connectivity index (χ4n) is 2.13. The monoisotopic (exact) mass is 331 g/mol. The van der Waals surface area contributed by atoms with Gasteiger partial charge in [0, 0.05) is 39.3 Å². The molecule has 6 N–H and O–H groups in total. The van der Waals surface area contributed by atoms with Crippen LogP contribution in [0.25, 0.3) is 0 Å². The van der Waals surface area contributed by atoms with E-state index in [1.165, 1.54) is 0 Å². The maximum atomic E-state index is 11.6. The van der Waals surface area contributed by atoms with Crippen LogP contribution in [0.15, 0.2) is 0 Å². The minimum atomic E-state index is -4.45. The molecule has 1 unspecified atom stereocenters. The van der Waals surface area contributed by atoms with E-state index in [-0.39, 0.29) is 6.42 Å². The van der Waals surface area contributed by atoms with E-state index in [0.717, 1.165) is 13.1 Å². The van der Waals surface area contributed by atoms with Gasteiger partial charge in [-0.15, -0.1) is 0 Å². The van der Waals surface area contributed by atoms with E-state index in [4.69, 9.17) is 9.79 Å². The summed E-state index contributed by atoms with van der Waals surface area (Å²) < 4.78 is 22.5. The molecule has 1 saturated heterocycles. The summed E-state index contributed by atoms with van der Waals surface area (Å²) in [5.41, 5.74) is 0. The summed E-state index contributed by atoms with van der Waals surface area (Å²) in [7, 11) is -8.72. The molecule has 20 heavy (non-hydrogen) atoms. The fraction of sp³-hybridized carbons (Fsp3) is 1.00. The quantitative estimate of drug-likeness (QED) is 0.334. The summed E-state index contributed by atoms with van der Waals surface area (Å²) in [5, 5.41) is 6.25. The van der Waals surface area contributed by atoms with Crippen LogP contribution < -0.4 is 10.6 Å². The molecular formula is C9H23N3O6P2. The smallest absolute Gasteiger partial charge is 0.324 e. The van der Waals surface area contributed by atoms with Crippen LogP contribution in [0.1, 0.15) is 6.42 Å². The minimum absolute atomic E-state index is 0.228. The number of hydrogen-bond donors (Lipinski definition) is 6. The maximum absolute atomic E-state index is 11.6. The first-order valence-corrected chi connectivity index (χ1v) is 9.93. The van der Waals surface area contributed by atoms with Gasteiger partial charge in [0.05, 0.1) is 6.16 Å². The van der Waals surface area contributed by atoms with Crippen molar-refractivity contribution in [1.29, 1.82) is 0 Å². The first-order valence-electron chi connectivity index (χ1n) is 6.45. The van der Waals surface area contributed by atoms with Crippen LogP contribution >= 0.6 is 15.2 Å². The highest BCUT2D eigenvalue weighted by Gasteiger charge is 2.35. The van der Waals surface area contributed by atoms with Gasteiger partial charge in [0.25, 0.3) is 0 Å². The van der Waals surface area contributed by atoms with E-state index >= 15 is 0 Å². The van der Waals surface area contributed by atoms with Gasteiger partial charge in [0.15, 0.2) is 0 Å². The molecule has 0 radical (unpaired) electrons. The lowest BCUT2D eigenvalue weighted by Crippen LogP contribution is -2.42. The molecular weight excluding hydrogens is 308 g/mol. The second kappa shape index (κ2) is 7.98. The van der Waals surface area contributed by atoms with Crippen LogP contribution in [0.3, 0.4) is 0 Å². The average Bonchev–Trinajstić information content (AvgIpc) is 2.39. The van der Waals surface area contributed by atoms with Crippen LogP contribution in [0, 0.1) is 0 Å². The molecule has 120 valence electrons. The molecule has 0 aromatic rings. The Kier molecular flexibility index (Phi) is 7.28. The minimum Gasteiger partial charge on any atom is -0.324 e. The number of rotatable bonds is 5. The third-order valence-corrected chi connectivity index (χ3v) is 5.32. The lowest BCUT2D eigenvalue weighted by molar-refractivity contribution is 0.212. The Morgan fingerprint density at radius 1 is 0.950 bits per heavy atom. The molecule has 0 aromatic carbocycles. The predicted molar refractivity (Wildman–Crippen MR) is 74.7 cm³/mol. The highest BCUT2D eigenvalue weighted by atomic mass is 31.2. The van der Waals surface area contributed by atoms with Gasteiger partial charge in [0.2, 0.25) is 0 Å². The van der Waals surface area contributed by atoms with Gasteiger partial charge in [-0.1, -0.05) is 0 Å². The summed E-state index contributed by atoms with van der Waals surface area (Å²) in [6.07, 6.45) is -0.755. The zero-order valence-electron chi connectivity index (χ0n) is 11.2. The summed E-state index contributed by atoms with van der Waals surface area (Å²) in [4.78, 5) is 38.3. The number of hydrogen-bond acceptors (Lipinski definition) is 5. The second-order valence-electron chi connectivity index (χ2n) is 4.78. The van der Waals surface area contributed by atoms with Crippen molar-refractivity contribution >= 4 is 15.2 Å². The predicted octanol–water partition coefficient (Wildman–Crippen LogP) is -1.45. The van der Waals surface area contributed by atoms with Crippen molar-refractivity contribution in [3.05, 3.63) is 0 Å². The molecule has 0 aromatic heterocycles. The fourth-order valence-corrected chi connectivity index (χ4v) is 4.04. The van der Waals surface area contributed by atoms with E-state index in [1.807, 2.05) is 0 Å². The van der Waals surface area contributed by atoms with Gasteiger partial charge in [-0.05, 0) is 6.42 Å². The first-order chi connectivity index (χ1) is 9.20. The van der Waals surface area contributed by atoms with E-state index in [1.54, 1.807) is 4.90 Å². The molecule has 0 aliphatic carbocycles. The van der Waals surface area contributed by atoms with Crippen molar-refractivity contribution in [3.63, 3.8) is 0 Å². The molecule has 0 amide bonds. The SMILES string of the molecule is O=P(O)(O)CCC(N1CCNCCNCC1)P(=O)(O)O. The highest BCUT2D eigenvalue weighted by Crippen LogP contribution is 2.47. The third-order valence-electron chi connectivity index (χ3n) is 3.12. The number of nitrogens with zero attached hydrogens (tertiary/aromatic N) is 1. The van der Waals surface area contributed by atoms with Crippen LogP contribution in [0.2, 0.25) is 0 Å². The molecule has 0 spiro atoms. The molecule has 1 rings (SSSR count). The zero-order chi connectivity index (χ0) is 15.2. The summed E-state index contributed by atoms with van der Waals surface area (Å²) in [6.45, 7) is 3.56. The van der Waals surface area contributed by atoms with Crippen molar-refractivity contribution in [2.75, 3.05) is 45.4 Å². The largest absolute Gasteiger partial charge is 0.342 e. The Morgan fingerprint density at radius 3 is 1.85 bits per heavy atom.